The third-order valence-electron chi connectivity index (χ3n) is 1.96. The largest absolute Gasteiger partial charge is 0.250 e. The molecule has 18 heavy (non-hydrogen) atoms. The predicted octanol–water partition coefficient (Wildman–Crippen LogP) is 2.43. The minimum atomic E-state index is -3.57. The van der Waals surface area contributed by atoms with Crippen molar-refractivity contribution in [2.75, 3.05) is 0 Å². The quantitative estimate of drug-likeness (QED) is 0.899. The van der Waals surface area contributed by atoms with Crippen molar-refractivity contribution in [3.63, 3.8) is 0 Å². The van der Waals surface area contributed by atoms with Crippen LogP contribution in [0.4, 0.5) is 0 Å². The molecule has 0 radical (unpaired) electrons. The molecule has 0 bridgehead atoms. The van der Waals surface area contributed by atoms with Gasteiger partial charge in [0.2, 0.25) is 10.0 Å². The van der Waals surface area contributed by atoms with Crippen LogP contribution in [-0.4, -0.2) is 18.6 Å². The Morgan fingerprint density at radius 1 is 1.50 bits per heavy atom. The summed E-state index contributed by atoms with van der Waals surface area (Å²) in [4.78, 5) is 0. The van der Waals surface area contributed by atoms with Gasteiger partial charge in [-0.25, -0.2) is 13.1 Å². The predicted molar refractivity (Wildman–Crippen MR) is 73.1 cm³/mol. The molecule has 0 saturated carbocycles. The number of rotatable bonds is 4. The molecule has 5 nitrogen and oxygen atoms in total. The average Bonchev–Trinajstić information content (AvgIpc) is 2.70. The summed E-state index contributed by atoms with van der Waals surface area (Å²) in [6.45, 7) is 0.0866. The molecule has 2 aromatic rings. The first-order chi connectivity index (χ1) is 8.49. The maximum atomic E-state index is 11.9. The van der Waals surface area contributed by atoms with Crippen LogP contribution in [-0.2, 0) is 16.6 Å². The molecule has 2 rings (SSSR count). The smallest absolute Gasteiger partial charge is 0.206 e. The van der Waals surface area contributed by atoms with Crippen LogP contribution in [0.2, 0.25) is 5.02 Å². The number of sulfonamides is 1. The van der Waals surface area contributed by atoms with Crippen molar-refractivity contribution in [1.29, 1.82) is 0 Å². The van der Waals surface area contributed by atoms with Gasteiger partial charge in [-0.2, -0.15) is 10.2 Å². The van der Waals surface area contributed by atoms with Gasteiger partial charge in [0.05, 0.1) is 21.0 Å². The van der Waals surface area contributed by atoms with Crippen molar-refractivity contribution in [2.45, 2.75) is 10.8 Å². The first kappa shape index (κ1) is 13.9. The first-order valence-electron chi connectivity index (χ1n) is 4.70. The van der Waals surface area contributed by atoms with Crippen LogP contribution >= 0.6 is 38.9 Å². The lowest BCUT2D eigenvalue weighted by Crippen LogP contribution is -2.23. The summed E-state index contributed by atoms with van der Waals surface area (Å²) in [5.74, 6) is 0. The van der Waals surface area contributed by atoms with E-state index in [0.29, 0.717) is 14.5 Å². The highest BCUT2D eigenvalue weighted by Crippen LogP contribution is 2.34. The van der Waals surface area contributed by atoms with Gasteiger partial charge in [0, 0.05) is 6.20 Å². The van der Waals surface area contributed by atoms with Crippen molar-refractivity contribution in [3.8, 4) is 0 Å². The zero-order valence-corrected chi connectivity index (χ0v) is 12.8. The second-order valence-corrected chi connectivity index (χ2v) is 8.00. The van der Waals surface area contributed by atoms with Gasteiger partial charge in [-0.15, -0.1) is 11.3 Å². The standard InChI is InChI=1S/C9H7BrClN3O2S2/c10-9-7(11)4-8(17-9)18(15,16)13-5-6-2-1-3-12-14-6/h1-4,13H,5H2. The SMILES string of the molecule is O=S(=O)(NCc1cccnn1)c1cc(Cl)c(Br)s1. The molecule has 0 atom stereocenters. The number of nitrogens with zero attached hydrogens (tertiary/aromatic N) is 2. The summed E-state index contributed by atoms with van der Waals surface area (Å²) in [5, 5.41) is 7.83. The Labute approximate surface area is 121 Å². The van der Waals surface area contributed by atoms with Crippen LogP contribution in [0.15, 0.2) is 32.4 Å². The van der Waals surface area contributed by atoms with E-state index in [4.69, 9.17) is 11.6 Å². The molecule has 0 aliphatic carbocycles. The summed E-state index contributed by atoms with van der Waals surface area (Å²) in [7, 11) is -3.57. The summed E-state index contributed by atoms with van der Waals surface area (Å²) in [6, 6.07) is 4.78. The number of aromatic nitrogens is 2. The highest BCUT2D eigenvalue weighted by Gasteiger charge is 2.18. The second-order valence-electron chi connectivity index (χ2n) is 3.23. The molecule has 0 saturated heterocycles. The van der Waals surface area contributed by atoms with E-state index in [0.717, 1.165) is 11.3 Å². The summed E-state index contributed by atoms with van der Waals surface area (Å²) >= 11 is 10.0. The zero-order chi connectivity index (χ0) is 13.2. The number of hydrogen-bond donors (Lipinski definition) is 1. The van der Waals surface area contributed by atoms with Crippen LogP contribution in [0.25, 0.3) is 0 Å². The molecule has 0 spiro atoms. The molecular formula is C9H7BrClN3O2S2. The van der Waals surface area contributed by atoms with E-state index in [9.17, 15) is 8.42 Å². The maximum absolute atomic E-state index is 11.9. The van der Waals surface area contributed by atoms with Crippen LogP contribution in [0, 0.1) is 0 Å². The summed E-state index contributed by atoms with van der Waals surface area (Å²) in [5.41, 5.74) is 0.544. The number of halogens is 2. The number of thiophene rings is 1. The molecule has 0 aromatic carbocycles. The Morgan fingerprint density at radius 2 is 2.28 bits per heavy atom. The van der Waals surface area contributed by atoms with Crippen LogP contribution in [0.3, 0.4) is 0 Å². The first-order valence-corrected chi connectivity index (χ1v) is 8.17. The molecular weight excluding hydrogens is 362 g/mol. The fourth-order valence-corrected chi connectivity index (χ4v) is 4.57. The second kappa shape index (κ2) is 5.62. The van der Waals surface area contributed by atoms with Gasteiger partial charge in [-0.05, 0) is 34.1 Å². The molecule has 2 heterocycles. The lowest BCUT2D eigenvalue weighted by atomic mass is 10.4. The molecule has 96 valence electrons. The summed E-state index contributed by atoms with van der Waals surface area (Å²) < 4.78 is 27.1. The topological polar surface area (TPSA) is 72.0 Å². The molecule has 1 N–H and O–H groups in total. The lowest BCUT2D eigenvalue weighted by Gasteiger charge is -2.03. The van der Waals surface area contributed by atoms with Crippen molar-refractivity contribution < 1.29 is 8.42 Å². The van der Waals surface area contributed by atoms with Gasteiger partial charge in [0.25, 0.3) is 0 Å². The van der Waals surface area contributed by atoms with E-state index >= 15 is 0 Å². The minimum absolute atomic E-state index is 0.0866. The highest BCUT2D eigenvalue weighted by atomic mass is 79.9. The van der Waals surface area contributed by atoms with E-state index in [1.807, 2.05) is 0 Å². The van der Waals surface area contributed by atoms with Gasteiger partial charge < -0.3 is 0 Å². The van der Waals surface area contributed by atoms with Gasteiger partial charge in [0.1, 0.15) is 4.21 Å². The van der Waals surface area contributed by atoms with E-state index < -0.39 is 10.0 Å². The normalized spacial score (nSPS) is 11.7. The van der Waals surface area contributed by atoms with E-state index in [1.54, 1.807) is 12.1 Å². The average molecular weight is 369 g/mol. The molecule has 0 amide bonds. The van der Waals surface area contributed by atoms with Gasteiger partial charge in [-0.3, -0.25) is 0 Å². The van der Waals surface area contributed by atoms with Crippen molar-refractivity contribution in [3.05, 3.63) is 38.9 Å². The molecule has 0 aliphatic heterocycles. The summed E-state index contributed by atoms with van der Waals surface area (Å²) in [6.07, 6.45) is 1.52. The fraction of sp³-hybridized carbons (Fsp3) is 0.111. The van der Waals surface area contributed by atoms with E-state index in [2.05, 4.69) is 30.8 Å². The van der Waals surface area contributed by atoms with Gasteiger partial charge in [-0.1, -0.05) is 11.6 Å². The molecule has 0 unspecified atom stereocenters. The molecule has 0 fully saturated rings. The Morgan fingerprint density at radius 3 is 2.83 bits per heavy atom. The molecule has 2 aromatic heterocycles. The lowest BCUT2D eigenvalue weighted by molar-refractivity contribution is 0.582. The zero-order valence-electron chi connectivity index (χ0n) is 8.80. The Bertz CT molecular complexity index is 626. The van der Waals surface area contributed by atoms with Crippen LogP contribution in [0.5, 0.6) is 0 Å². The van der Waals surface area contributed by atoms with Crippen molar-refractivity contribution in [2.24, 2.45) is 0 Å². The molecule has 0 aliphatic rings. The van der Waals surface area contributed by atoms with Crippen molar-refractivity contribution >= 4 is 48.9 Å². The Balaban J connectivity index is 2.13. The minimum Gasteiger partial charge on any atom is -0.206 e. The van der Waals surface area contributed by atoms with Gasteiger partial charge in [0.15, 0.2) is 0 Å². The highest BCUT2D eigenvalue weighted by molar-refractivity contribution is 9.11. The van der Waals surface area contributed by atoms with Crippen LogP contribution in [0.1, 0.15) is 5.69 Å². The third-order valence-corrected chi connectivity index (χ3v) is 6.31. The third kappa shape index (κ3) is 3.27. The Hall–Kier alpha value is -0.540. The monoisotopic (exact) mass is 367 g/mol. The van der Waals surface area contributed by atoms with Crippen LogP contribution < -0.4 is 4.72 Å². The number of hydrogen-bond acceptors (Lipinski definition) is 5. The Kier molecular flexibility index (Phi) is 4.33. The number of nitrogens with one attached hydrogen (secondary N) is 1. The fourth-order valence-electron chi connectivity index (χ4n) is 1.13. The maximum Gasteiger partial charge on any atom is 0.250 e. The van der Waals surface area contributed by atoms with E-state index in [1.165, 1.54) is 12.3 Å². The van der Waals surface area contributed by atoms with Gasteiger partial charge >= 0.3 is 0 Å². The van der Waals surface area contributed by atoms with E-state index in [-0.39, 0.29) is 10.8 Å². The molecule has 9 heteroatoms. The van der Waals surface area contributed by atoms with Crippen molar-refractivity contribution in [1.82, 2.24) is 14.9 Å².